The molecular weight excluding hydrogens is 224 g/mol. The lowest BCUT2D eigenvalue weighted by molar-refractivity contribution is 0.240. The minimum atomic E-state index is 0.174. The fourth-order valence-corrected chi connectivity index (χ4v) is 2.53. The number of aryl methyl sites for hydroxylation is 1. The van der Waals surface area contributed by atoms with E-state index in [1.165, 1.54) is 11.3 Å². The van der Waals surface area contributed by atoms with Crippen LogP contribution in [0.4, 0.5) is 5.69 Å². The third kappa shape index (κ3) is 3.24. The molecule has 2 N–H and O–H groups in total. The van der Waals surface area contributed by atoms with Gasteiger partial charge in [0.15, 0.2) is 0 Å². The van der Waals surface area contributed by atoms with Gasteiger partial charge in [-0.1, -0.05) is 19.1 Å². The largest absolute Gasteiger partial charge is 0.395 e. The van der Waals surface area contributed by atoms with E-state index in [0.29, 0.717) is 6.04 Å². The number of nitrogens with zero attached hydrogens (tertiary/aromatic N) is 1. The first-order valence-electron chi connectivity index (χ1n) is 6.93. The topological polar surface area (TPSA) is 35.5 Å². The molecule has 1 heterocycles. The lowest BCUT2D eigenvalue weighted by Crippen LogP contribution is -2.42. The number of benzene rings is 1. The van der Waals surface area contributed by atoms with Gasteiger partial charge in [0.2, 0.25) is 0 Å². The Balaban J connectivity index is 2.10. The van der Waals surface area contributed by atoms with Crippen LogP contribution >= 0.6 is 0 Å². The van der Waals surface area contributed by atoms with E-state index in [2.05, 4.69) is 48.3 Å². The van der Waals surface area contributed by atoms with Gasteiger partial charge >= 0.3 is 0 Å². The summed E-state index contributed by atoms with van der Waals surface area (Å²) < 4.78 is 0. The van der Waals surface area contributed by atoms with E-state index in [0.717, 1.165) is 25.9 Å². The van der Waals surface area contributed by atoms with Gasteiger partial charge in [-0.2, -0.15) is 0 Å². The van der Waals surface area contributed by atoms with Crippen molar-refractivity contribution in [3.05, 3.63) is 29.8 Å². The molecule has 0 aromatic heterocycles. The Kier molecular flexibility index (Phi) is 4.61. The first-order chi connectivity index (χ1) is 8.72. The van der Waals surface area contributed by atoms with E-state index in [9.17, 15) is 5.11 Å². The zero-order chi connectivity index (χ0) is 13.0. The number of nitrogens with one attached hydrogen (secondary N) is 1. The Bertz CT molecular complexity index is 363. The number of anilines is 1. The van der Waals surface area contributed by atoms with Crippen LogP contribution in [0.1, 0.15) is 25.8 Å². The van der Waals surface area contributed by atoms with Gasteiger partial charge in [-0.05, 0) is 37.5 Å². The molecule has 2 atom stereocenters. The van der Waals surface area contributed by atoms with Gasteiger partial charge in [-0.25, -0.2) is 0 Å². The summed E-state index contributed by atoms with van der Waals surface area (Å²) in [6.45, 7) is 6.50. The smallest absolute Gasteiger partial charge is 0.0602 e. The molecule has 0 saturated carbocycles. The summed E-state index contributed by atoms with van der Waals surface area (Å²) in [5, 5.41) is 12.9. The van der Waals surface area contributed by atoms with E-state index >= 15 is 0 Å². The molecule has 2 rings (SSSR count). The zero-order valence-corrected chi connectivity index (χ0v) is 11.4. The van der Waals surface area contributed by atoms with Gasteiger partial charge in [0.25, 0.3) is 0 Å². The lowest BCUT2D eigenvalue weighted by Gasteiger charge is -2.25. The summed E-state index contributed by atoms with van der Waals surface area (Å²) in [6.07, 6.45) is 2.20. The van der Waals surface area contributed by atoms with Crippen LogP contribution in [0.3, 0.4) is 0 Å². The Hall–Kier alpha value is -1.06. The van der Waals surface area contributed by atoms with E-state index in [1.54, 1.807) is 0 Å². The second kappa shape index (κ2) is 6.21. The summed E-state index contributed by atoms with van der Waals surface area (Å²) >= 11 is 0. The highest BCUT2D eigenvalue weighted by atomic mass is 16.3. The first kappa shape index (κ1) is 13.4. The van der Waals surface area contributed by atoms with Crippen molar-refractivity contribution >= 4 is 5.69 Å². The van der Waals surface area contributed by atoms with Crippen LogP contribution < -0.4 is 10.2 Å². The molecule has 3 nitrogen and oxygen atoms in total. The third-order valence-corrected chi connectivity index (χ3v) is 3.72. The molecule has 2 unspecified atom stereocenters. The van der Waals surface area contributed by atoms with Crippen LogP contribution in [0.15, 0.2) is 24.3 Å². The Labute approximate surface area is 110 Å². The van der Waals surface area contributed by atoms with Crippen molar-refractivity contribution in [1.29, 1.82) is 0 Å². The van der Waals surface area contributed by atoms with Crippen LogP contribution in [0.2, 0.25) is 0 Å². The van der Waals surface area contributed by atoms with Crippen molar-refractivity contribution in [2.45, 2.75) is 38.8 Å². The molecular formula is C15H24N2O. The number of aliphatic hydroxyl groups excluding tert-OH is 1. The van der Waals surface area contributed by atoms with Gasteiger partial charge in [-0.3, -0.25) is 0 Å². The van der Waals surface area contributed by atoms with Crippen LogP contribution in [0.25, 0.3) is 0 Å². The third-order valence-electron chi connectivity index (χ3n) is 3.72. The standard InChI is InChI=1S/C15H24N2O/c1-3-13-4-6-15(7-5-13)17-9-8-12(2)16-14(10-17)11-18/h4-7,12,14,16,18H,3,8-11H2,1-2H3. The van der Waals surface area contributed by atoms with Crippen molar-refractivity contribution in [1.82, 2.24) is 5.32 Å². The monoisotopic (exact) mass is 248 g/mol. The second-order valence-electron chi connectivity index (χ2n) is 5.20. The van der Waals surface area contributed by atoms with Crippen molar-refractivity contribution in [2.75, 3.05) is 24.6 Å². The maximum atomic E-state index is 9.39. The van der Waals surface area contributed by atoms with Crippen molar-refractivity contribution < 1.29 is 5.11 Å². The fraction of sp³-hybridized carbons (Fsp3) is 0.600. The summed E-state index contributed by atoms with van der Waals surface area (Å²) in [6, 6.07) is 9.44. The molecule has 0 bridgehead atoms. The molecule has 0 radical (unpaired) electrons. The average molecular weight is 248 g/mol. The maximum absolute atomic E-state index is 9.39. The van der Waals surface area contributed by atoms with E-state index < -0.39 is 0 Å². The van der Waals surface area contributed by atoms with E-state index in [-0.39, 0.29) is 12.6 Å². The average Bonchev–Trinajstić information content (AvgIpc) is 2.60. The van der Waals surface area contributed by atoms with Gasteiger partial charge in [-0.15, -0.1) is 0 Å². The summed E-state index contributed by atoms with van der Waals surface area (Å²) in [5.74, 6) is 0. The Morgan fingerprint density at radius 1 is 1.33 bits per heavy atom. The van der Waals surface area contributed by atoms with Crippen molar-refractivity contribution in [3.63, 3.8) is 0 Å². The number of hydrogen-bond donors (Lipinski definition) is 2. The van der Waals surface area contributed by atoms with Gasteiger partial charge < -0.3 is 15.3 Å². The Morgan fingerprint density at radius 3 is 2.67 bits per heavy atom. The molecule has 1 aromatic rings. The molecule has 18 heavy (non-hydrogen) atoms. The molecule has 0 amide bonds. The molecule has 1 fully saturated rings. The first-order valence-corrected chi connectivity index (χ1v) is 6.93. The zero-order valence-electron chi connectivity index (χ0n) is 11.4. The predicted molar refractivity (Wildman–Crippen MR) is 76.1 cm³/mol. The molecule has 1 aliphatic heterocycles. The van der Waals surface area contributed by atoms with Crippen LogP contribution in [0.5, 0.6) is 0 Å². The van der Waals surface area contributed by atoms with Crippen LogP contribution in [-0.4, -0.2) is 36.9 Å². The van der Waals surface area contributed by atoms with Crippen LogP contribution in [0, 0.1) is 0 Å². The minimum absolute atomic E-state index is 0.174. The quantitative estimate of drug-likeness (QED) is 0.856. The molecule has 0 aliphatic carbocycles. The molecule has 1 saturated heterocycles. The summed E-state index contributed by atoms with van der Waals surface area (Å²) in [7, 11) is 0. The second-order valence-corrected chi connectivity index (χ2v) is 5.20. The normalized spacial score (nSPS) is 24.9. The molecule has 0 spiro atoms. The number of rotatable bonds is 3. The highest BCUT2D eigenvalue weighted by molar-refractivity contribution is 5.48. The lowest BCUT2D eigenvalue weighted by atomic mass is 10.1. The molecule has 1 aromatic carbocycles. The van der Waals surface area contributed by atoms with E-state index in [4.69, 9.17) is 0 Å². The van der Waals surface area contributed by atoms with Crippen molar-refractivity contribution in [3.8, 4) is 0 Å². The highest BCUT2D eigenvalue weighted by Crippen LogP contribution is 2.18. The van der Waals surface area contributed by atoms with Gasteiger partial charge in [0.1, 0.15) is 0 Å². The molecule has 1 aliphatic rings. The highest BCUT2D eigenvalue weighted by Gasteiger charge is 2.20. The maximum Gasteiger partial charge on any atom is 0.0602 e. The number of aliphatic hydroxyl groups is 1. The SMILES string of the molecule is CCc1ccc(N2CCC(C)NC(CO)C2)cc1. The van der Waals surface area contributed by atoms with Gasteiger partial charge in [0.05, 0.1) is 6.61 Å². The van der Waals surface area contributed by atoms with E-state index in [1.807, 2.05) is 0 Å². The fourth-order valence-electron chi connectivity index (χ4n) is 2.53. The number of hydrogen-bond acceptors (Lipinski definition) is 3. The van der Waals surface area contributed by atoms with Gasteiger partial charge in [0, 0.05) is 30.9 Å². The van der Waals surface area contributed by atoms with Crippen molar-refractivity contribution in [2.24, 2.45) is 0 Å². The molecule has 3 heteroatoms. The Morgan fingerprint density at radius 2 is 2.06 bits per heavy atom. The predicted octanol–water partition coefficient (Wildman–Crippen LogP) is 1.80. The molecule has 100 valence electrons. The van der Waals surface area contributed by atoms with Crippen LogP contribution in [-0.2, 0) is 6.42 Å². The summed E-state index contributed by atoms with van der Waals surface area (Å²) in [5.41, 5.74) is 2.64. The minimum Gasteiger partial charge on any atom is -0.395 e. The summed E-state index contributed by atoms with van der Waals surface area (Å²) in [4.78, 5) is 2.37.